The molecular formula is C13H17F2N3O. The van der Waals surface area contributed by atoms with E-state index in [4.69, 9.17) is 11.1 Å². The molecule has 0 atom stereocenters. The highest BCUT2D eigenvalue weighted by molar-refractivity contribution is 5.96. The van der Waals surface area contributed by atoms with Crippen LogP contribution in [0.3, 0.4) is 0 Å². The molecule has 0 aliphatic rings. The van der Waals surface area contributed by atoms with Gasteiger partial charge in [-0.05, 0) is 11.6 Å². The Balaban J connectivity index is 2.90. The van der Waals surface area contributed by atoms with Gasteiger partial charge in [0.1, 0.15) is 5.84 Å². The molecule has 1 amide bonds. The number of benzene rings is 1. The lowest BCUT2D eigenvalue weighted by atomic mass is 10.0. The average molecular weight is 269 g/mol. The fourth-order valence-corrected chi connectivity index (χ4v) is 1.53. The van der Waals surface area contributed by atoms with E-state index in [0.29, 0.717) is 5.56 Å². The third kappa shape index (κ3) is 4.01. The summed E-state index contributed by atoms with van der Waals surface area (Å²) >= 11 is 0. The second-order valence-electron chi connectivity index (χ2n) is 4.51. The first-order chi connectivity index (χ1) is 8.82. The predicted molar refractivity (Wildman–Crippen MR) is 69.1 cm³/mol. The molecule has 0 radical (unpaired) electrons. The lowest BCUT2D eigenvalue weighted by Gasteiger charge is -2.11. The number of nitrogens with one attached hydrogen (secondary N) is 2. The molecule has 19 heavy (non-hydrogen) atoms. The lowest BCUT2D eigenvalue weighted by molar-refractivity contribution is -0.124. The number of amides is 1. The van der Waals surface area contributed by atoms with E-state index in [1.54, 1.807) is 13.8 Å². The third-order valence-corrected chi connectivity index (χ3v) is 2.63. The van der Waals surface area contributed by atoms with Crippen LogP contribution in [0.15, 0.2) is 18.2 Å². The normalized spacial score (nSPS) is 10.8. The van der Waals surface area contributed by atoms with Crippen molar-refractivity contribution in [3.63, 3.8) is 0 Å². The van der Waals surface area contributed by atoms with E-state index in [2.05, 4.69) is 5.32 Å². The Morgan fingerprint density at radius 1 is 1.42 bits per heavy atom. The summed E-state index contributed by atoms with van der Waals surface area (Å²) < 4.78 is 25.4. The second-order valence-corrected chi connectivity index (χ2v) is 4.51. The van der Waals surface area contributed by atoms with Crippen LogP contribution in [0.5, 0.6) is 0 Å². The van der Waals surface area contributed by atoms with E-state index >= 15 is 0 Å². The summed E-state index contributed by atoms with van der Waals surface area (Å²) in [6, 6.07) is 4.14. The van der Waals surface area contributed by atoms with Crippen molar-refractivity contribution in [2.24, 2.45) is 11.7 Å². The van der Waals surface area contributed by atoms with E-state index in [1.165, 1.54) is 18.2 Å². The van der Waals surface area contributed by atoms with Crippen LogP contribution in [0.2, 0.25) is 0 Å². The van der Waals surface area contributed by atoms with Crippen LogP contribution in [0, 0.1) is 11.3 Å². The minimum atomic E-state index is -2.68. The summed E-state index contributed by atoms with van der Waals surface area (Å²) in [6.07, 6.45) is -2.68. The second kappa shape index (κ2) is 6.26. The first-order valence-corrected chi connectivity index (χ1v) is 5.86. The molecule has 1 rings (SSSR count). The largest absolute Gasteiger partial charge is 0.384 e. The van der Waals surface area contributed by atoms with Gasteiger partial charge in [0.2, 0.25) is 5.91 Å². The number of alkyl halides is 2. The van der Waals surface area contributed by atoms with Gasteiger partial charge in [-0.25, -0.2) is 8.78 Å². The van der Waals surface area contributed by atoms with Gasteiger partial charge in [-0.3, -0.25) is 10.2 Å². The molecule has 1 aromatic carbocycles. The molecule has 0 saturated carbocycles. The van der Waals surface area contributed by atoms with Crippen molar-refractivity contribution in [1.29, 1.82) is 5.41 Å². The van der Waals surface area contributed by atoms with Gasteiger partial charge in [0.05, 0.1) is 0 Å². The summed E-state index contributed by atoms with van der Waals surface area (Å²) in [4.78, 5) is 11.4. The van der Waals surface area contributed by atoms with Gasteiger partial charge < -0.3 is 11.1 Å². The fraction of sp³-hybridized carbons (Fsp3) is 0.385. The molecular weight excluding hydrogens is 252 g/mol. The molecule has 0 saturated heterocycles. The SMILES string of the molecule is CC(C)C(=O)NCc1ccc(C(F)F)c(C(=N)N)c1. The summed E-state index contributed by atoms with van der Waals surface area (Å²) in [6.45, 7) is 3.74. The van der Waals surface area contributed by atoms with Gasteiger partial charge in [0.15, 0.2) is 0 Å². The molecule has 0 bridgehead atoms. The van der Waals surface area contributed by atoms with Crippen LogP contribution < -0.4 is 11.1 Å². The van der Waals surface area contributed by atoms with Gasteiger partial charge in [-0.15, -0.1) is 0 Å². The molecule has 4 nitrogen and oxygen atoms in total. The predicted octanol–water partition coefficient (Wildman–Crippen LogP) is 2.18. The Morgan fingerprint density at radius 2 is 2.05 bits per heavy atom. The fourth-order valence-electron chi connectivity index (χ4n) is 1.53. The average Bonchev–Trinajstić information content (AvgIpc) is 2.35. The molecule has 1 aromatic rings. The smallest absolute Gasteiger partial charge is 0.264 e. The van der Waals surface area contributed by atoms with Crippen molar-refractivity contribution >= 4 is 11.7 Å². The highest BCUT2D eigenvalue weighted by atomic mass is 19.3. The summed E-state index contributed by atoms with van der Waals surface area (Å²) in [5, 5.41) is 9.98. The van der Waals surface area contributed by atoms with Gasteiger partial charge in [0, 0.05) is 23.6 Å². The molecule has 0 aliphatic heterocycles. The number of hydrogen-bond acceptors (Lipinski definition) is 2. The van der Waals surface area contributed by atoms with Crippen molar-refractivity contribution < 1.29 is 13.6 Å². The van der Waals surface area contributed by atoms with Crippen molar-refractivity contribution in [1.82, 2.24) is 5.32 Å². The molecule has 104 valence electrons. The first-order valence-electron chi connectivity index (χ1n) is 5.86. The van der Waals surface area contributed by atoms with Gasteiger partial charge in [0.25, 0.3) is 6.43 Å². The van der Waals surface area contributed by atoms with Crippen molar-refractivity contribution in [2.75, 3.05) is 0 Å². The Morgan fingerprint density at radius 3 is 2.53 bits per heavy atom. The topological polar surface area (TPSA) is 79.0 Å². The Kier molecular flexibility index (Phi) is 4.97. The highest BCUT2D eigenvalue weighted by Gasteiger charge is 2.15. The summed E-state index contributed by atoms with van der Waals surface area (Å²) in [5.74, 6) is -0.678. The zero-order valence-electron chi connectivity index (χ0n) is 10.8. The van der Waals surface area contributed by atoms with Crippen LogP contribution in [0.1, 0.15) is 37.0 Å². The Bertz CT molecular complexity index is 487. The van der Waals surface area contributed by atoms with Crippen LogP contribution >= 0.6 is 0 Å². The lowest BCUT2D eigenvalue weighted by Crippen LogP contribution is -2.27. The molecule has 0 aromatic heterocycles. The Hall–Kier alpha value is -1.98. The number of rotatable bonds is 5. The summed E-state index contributed by atoms with van der Waals surface area (Å²) in [7, 11) is 0. The third-order valence-electron chi connectivity index (χ3n) is 2.63. The maximum atomic E-state index is 12.7. The van der Waals surface area contributed by atoms with Gasteiger partial charge in [-0.2, -0.15) is 0 Å². The monoisotopic (exact) mass is 269 g/mol. The molecule has 0 heterocycles. The summed E-state index contributed by atoms with van der Waals surface area (Å²) in [5.41, 5.74) is 5.65. The van der Waals surface area contributed by atoms with Crippen LogP contribution in [0.25, 0.3) is 0 Å². The molecule has 0 unspecified atom stereocenters. The number of hydrogen-bond donors (Lipinski definition) is 3. The number of carbonyl (C=O) groups is 1. The van der Waals surface area contributed by atoms with E-state index in [1.807, 2.05) is 0 Å². The Labute approximate surface area is 110 Å². The van der Waals surface area contributed by atoms with E-state index < -0.39 is 12.3 Å². The minimum absolute atomic E-state index is 0.00583. The molecule has 6 heteroatoms. The zero-order chi connectivity index (χ0) is 14.6. The van der Waals surface area contributed by atoms with E-state index in [0.717, 1.165) is 0 Å². The maximum absolute atomic E-state index is 12.7. The van der Waals surface area contributed by atoms with Crippen LogP contribution in [-0.2, 0) is 11.3 Å². The molecule has 0 spiro atoms. The molecule has 0 aliphatic carbocycles. The number of amidine groups is 1. The number of nitrogens with two attached hydrogens (primary N) is 1. The van der Waals surface area contributed by atoms with Crippen LogP contribution in [-0.4, -0.2) is 11.7 Å². The quantitative estimate of drug-likeness (QED) is 0.566. The van der Waals surface area contributed by atoms with Crippen molar-refractivity contribution in [3.05, 3.63) is 34.9 Å². The van der Waals surface area contributed by atoms with E-state index in [-0.39, 0.29) is 29.5 Å². The number of carbonyl (C=O) groups excluding carboxylic acids is 1. The maximum Gasteiger partial charge on any atom is 0.264 e. The van der Waals surface area contributed by atoms with E-state index in [9.17, 15) is 13.6 Å². The van der Waals surface area contributed by atoms with Crippen molar-refractivity contribution in [2.45, 2.75) is 26.8 Å². The van der Waals surface area contributed by atoms with Crippen LogP contribution in [0.4, 0.5) is 8.78 Å². The van der Waals surface area contributed by atoms with Gasteiger partial charge in [-0.1, -0.05) is 26.0 Å². The number of nitrogen functional groups attached to an aromatic ring is 1. The zero-order valence-corrected chi connectivity index (χ0v) is 10.8. The van der Waals surface area contributed by atoms with Gasteiger partial charge >= 0.3 is 0 Å². The number of halogens is 2. The molecule has 4 N–H and O–H groups in total. The first kappa shape index (κ1) is 15.1. The minimum Gasteiger partial charge on any atom is -0.384 e. The molecule has 0 fully saturated rings. The van der Waals surface area contributed by atoms with Crippen molar-refractivity contribution in [3.8, 4) is 0 Å². The standard InChI is InChI=1S/C13H17F2N3O/c1-7(2)13(19)18-6-8-3-4-9(11(14)15)10(5-8)12(16)17/h3-5,7,11H,6H2,1-2H3,(H3,16,17)(H,18,19). The highest BCUT2D eigenvalue weighted by Crippen LogP contribution is 2.23.